The van der Waals surface area contributed by atoms with E-state index in [1.54, 1.807) is 5.06 Å². The van der Waals surface area contributed by atoms with Crippen LogP contribution in [0.5, 0.6) is 0 Å². The Morgan fingerprint density at radius 1 is 1.14 bits per heavy atom. The van der Waals surface area contributed by atoms with Crippen LogP contribution in [0.2, 0.25) is 0 Å². The summed E-state index contributed by atoms with van der Waals surface area (Å²) in [6.45, 7) is 2.27. The zero-order valence-corrected chi connectivity index (χ0v) is 18.9. The van der Waals surface area contributed by atoms with Gasteiger partial charge in [-0.05, 0) is 62.1 Å². The summed E-state index contributed by atoms with van der Waals surface area (Å²) in [7, 11) is 1.85. The standard InChI is InChI=1S/C24H30BrN3O/c1-3-23(14-12-19(13-15-23)16-18-8-5-4-6-9-18)24(27-22(26)28(2)29-24)20-10-7-11-21(25)17-20/h4-11,17,19H,3,12-16H2,1-2H3,(H2,26,27). The van der Waals surface area contributed by atoms with Gasteiger partial charge in [-0.3, -0.25) is 0 Å². The van der Waals surface area contributed by atoms with Crippen molar-refractivity contribution in [1.82, 2.24) is 5.06 Å². The van der Waals surface area contributed by atoms with Crippen molar-refractivity contribution in [1.29, 1.82) is 0 Å². The minimum absolute atomic E-state index is 0.0731. The van der Waals surface area contributed by atoms with Crippen molar-refractivity contribution < 1.29 is 4.84 Å². The fraction of sp³-hybridized carbons (Fsp3) is 0.458. The van der Waals surface area contributed by atoms with E-state index >= 15 is 0 Å². The second kappa shape index (κ2) is 8.11. The first-order valence-corrected chi connectivity index (χ1v) is 11.4. The lowest BCUT2D eigenvalue weighted by atomic mass is 9.61. The summed E-state index contributed by atoms with van der Waals surface area (Å²) in [5, 5.41) is 1.63. The van der Waals surface area contributed by atoms with Gasteiger partial charge in [-0.1, -0.05) is 65.3 Å². The van der Waals surface area contributed by atoms with Crippen LogP contribution in [0.25, 0.3) is 0 Å². The Balaban J connectivity index is 1.64. The number of nitrogens with zero attached hydrogens (tertiary/aromatic N) is 2. The predicted molar refractivity (Wildman–Crippen MR) is 121 cm³/mol. The molecule has 5 heteroatoms. The van der Waals surface area contributed by atoms with E-state index in [4.69, 9.17) is 15.6 Å². The first-order valence-electron chi connectivity index (χ1n) is 10.6. The van der Waals surface area contributed by atoms with Gasteiger partial charge in [-0.15, -0.1) is 0 Å². The van der Waals surface area contributed by atoms with Gasteiger partial charge in [0.2, 0.25) is 11.7 Å². The van der Waals surface area contributed by atoms with Gasteiger partial charge in [0.05, 0.1) is 0 Å². The van der Waals surface area contributed by atoms with E-state index in [9.17, 15) is 0 Å². The first-order chi connectivity index (χ1) is 14.0. The van der Waals surface area contributed by atoms with Crippen molar-refractivity contribution >= 4 is 21.9 Å². The maximum atomic E-state index is 6.47. The molecule has 1 heterocycles. The topological polar surface area (TPSA) is 50.8 Å². The molecule has 154 valence electrons. The quantitative estimate of drug-likeness (QED) is 0.635. The van der Waals surface area contributed by atoms with E-state index in [-0.39, 0.29) is 5.41 Å². The Morgan fingerprint density at radius 2 is 1.86 bits per heavy atom. The van der Waals surface area contributed by atoms with Gasteiger partial charge < -0.3 is 5.73 Å². The Kier molecular flexibility index (Phi) is 5.71. The summed E-state index contributed by atoms with van der Waals surface area (Å²) in [4.78, 5) is 11.4. The number of benzene rings is 2. The molecular formula is C24H30BrN3O. The van der Waals surface area contributed by atoms with Crippen molar-refractivity contribution in [2.45, 2.75) is 51.2 Å². The Labute approximate surface area is 182 Å². The van der Waals surface area contributed by atoms with Crippen LogP contribution in [0.3, 0.4) is 0 Å². The molecule has 1 fully saturated rings. The van der Waals surface area contributed by atoms with Crippen molar-refractivity contribution in [3.8, 4) is 0 Å². The molecule has 2 aromatic rings. The van der Waals surface area contributed by atoms with Crippen molar-refractivity contribution in [3.63, 3.8) is 0 Å². The number of rotatable bonds is 5. The molecule has 0 amide bonds. The van der Waals surface area contributed by atoms with Crippen LogP contribution in [-0.4, -0.2) is 18.1 Å². The van der Waals surface area contributed by atoms with Crippen LogP contribution in [-0.2, 0) is 17.0 Å². The predicted octanol–water partition coefficient (Wildman–Crippen LogP) is 5.62. The fourth-order valence-electron chi connectivity index (χ4n) is 5.15. The average Bonchev–Trinajstić information content (AvgIpc) is 3.05. The molecule has 2 N–H and O–H groups in total. The van der Waals surface area contributed by atoms with Crippen LogP contribution < -0.4 is 5.73 Å². The fourth-order valence-corrected chi connectivity index (χ4v) is 5.55. The molecule has 1 aliphatic carbocycles. The molecule has 2 aromatic carbocycles. The second-order valence-electron chi connectivity index (χ2n) is 8.48. The Hall–Kier alpha value is -1.85. The molecule has 0 aromatic heterocycles. The third-order valence-electron chi connectivity index (χ3n) is 6.90. The lowest BCUT2D eigenvalue weighted by Crippen LogP contribution is -2.48. The normalized spacial score (nSPS) is 29.7. The summed E-state index contributed by atoms with van der Waals surface area (Å²) in [6.07, 6.45) is 6.68. The summed E-state index contributed by atoms with van der Waals surface area (Å²) >= 11 is 3.62. The van der Waals surface area contributed by atoms with Gasteiger partial charge in [-0.2, -0.15) is 0 Å². The Bertz CT molecular complexity index is 877. The molecule has 0 spiro atoms. The monoisotopic (exact) mass is 455 g/mol. The van der Waals surface area contributed by atoms with E-state index in [1.807, 2.05) is 13.1 Å². The number of nitrogens with two attached hydrogens (primary N) is 1. The average molecular weight is 456 g/mol. The molecule has 0 bridgehead atoms. The zero-order chi connectivity index (χ0) is 20.5. The van der Waals surface area contributed by atoms with Gasteiger partial charge >= 0.3 is 0 Å². The lowest BCUT2D eigenvalue weighted by molar-refractivity contribution is -0.238. The maximum absolute atomic E-state index is 6.47. The van der Waals surface area contributed by atoms with Crippen LogP contribution in [0.4, 0.5) is 0 Å². The van der Waals surface area contributed by atoms with E-state index in [2.05, 4.69) is 71.4 Å². The zero-order valence-electron chi connectivity index (χ0n) is 17.3. The summed E-state index contributed by atoms with van der Waals surface area (Å²) in [5.41, 5.74) is 7.89. The summed E-state index contributed by atoms with van der Waals surface area (Å²) < 4.78 is 1.03. The molecule has 1 unspecified atom stereocenters. The first kappa shape index (κ1) is 20.4. The van der Waals surface area contributed by atoms with E-state index in [0.717, 1.165) is 35.7 Å². The smallest absolute Gasteiger partial charge is 0.220 e. The summed E-state index contributed by atoms with van der Waals surface area (Å²) in [6, 6.07) is 19.2. The van der Waals surface area contributed by atoms with E-state index in [0.29, 0.717) is 11.9 Å². The van der Waals surface area contributed by atoms with Crippen LogP contribution in [0.1, 0.15) is 50.2 Å². The van der Waals surface area contributed by atoms with E-state index < -0.39 is 5.72 Å². The van der Waals surface area contributed by atoms with Crippen molar-refractivity contribution in [2.24, 2.45) is 22.1 Å². The van der Waals surface area contributed by atoms with Crippen LogP contribution >= 0.6 is 15.9 Å². The third kappa shape index (κ3) is 3.71. The number of hydrogen-bond acceptors (Lipinski definition) is 4. The number of guanidine groups is 1. The van der Waals surface area contributed by atoms with Crippen molar-refractivity contribution in [2.75, 3.05) is 7.05 Å². The third-order valence-corrected chi connectivity index (χ3v) is 7.40. The highest BCUT2D eigenvalue weighted by atomic mass is 79.9. The minimum atomic E-state index is -0.762. The molecule has 29 heavy (non-hydrogen) atoms. The van der Waals surface area contributed by atoms with Gasteiger partial charge in [-0.25, -0.2) is 14.9 Å². The van der Waals surface area contributed by atoms with Crippen LogP contribution in [0.15, 0.2) is 64.1 Å². The molecule has 1 saturated carbocycles. The number of aliphatic imine (C=N–C) groups is 1. The maximum Gasteiger partial charge on any atom is 0.220 e. The Morgan fingerprint density at radius 3 is 2.45 bits per heavy atom. The molecule has 1 atom stereocenters. The lowest BCUT2D eigenvalue weighted by Gasteiger charge is -2.49. The van der Waals surface area contributed by atoms with Gasteiger partial charge in [0.15, 0.2) is 0 Å². The second-order valence-corrected chi connectivity index (χ2v) is 9.40. The van der Waals surface area contributed by atoms with E-state index in [1.165, 1.54) is 18.4 Å². The largest absolute Gasteiger partial charge is 0.368 e. The number of hydrogen-bond donors (Lipinski definition) is 1. The molecule has 4 rings (SSSR count). The van der Waals surface area contributed by atoms with Gasteiger partial charge in [0, 0.05) is 22.5 Å². The molecular weight excluding hydrogens is 426 g/mol. The molecule has 2 aliphatic rings. The van der Waals surface area contributed by atoms with Crippen LogP contribution in [0, 0.1) is 11.3 Å². The number of hydroxylamine groups is 2. The number of halogens is 1. The highest BCUT2D eigenvalue weighted by Gasteiger charge is 2.58. The highest BCUT2D eigenvalue weighted by Crippen LogP contribution is 2.58. The van der Waals surface area contributed by atoms with Gasteiger partial charge in [0.25, 0.3) is 0 Å². The van der Waals surface area contributed by atoms with Gasteiger partial charge in [0.1, 0.15) is 0 Å². The summed E-state index contributed by atoms with van der Waals surface area (Å²) in [5.74, 6) is 1.15. The van der Waals surface area contributed by atoms with Crippen molar-refractivity contribution in [3.05, 3.63) is 70.2 Å². The molecule has 0 radical (unpaired) electrons. The highest BCUT2D eigenvalue weighted by molar-refractivity contribution is 9.10. The molecule has 4 nitrogen and oxygen atoms in total. The molecule has 0 saturated heterocycles. The minimum Gasteiger partial charge on any atom is -0.368 e. The molecule has 1 aliphatic heterocycles. The SMILES string of the molecule is CCC1(C2(c3cccc(Br)c3)N=C(N)N(C)O2)CCC(Cc2ccccc2)CC1.